The Bertz CT molecular complexity index is 570. The summed E-state index contributed by atoms with van der Waals surface area (Å²) < 4.78 is 16.6. The Labute approximate surface area is 120 Å². The van der Waals surface area contributed by atoms with Crippen LogP contribution in [0.4, 0.5) is 0 Å². The van der Waals surface area contributed by atoms with Gasteiger partial charge < -0.3 is 20.2 Å². The second-order valence-corrected chi connectivity index (χ2v) is 6.09. The van der Waals surface area contributed by atoms with E-state index in [0.29, 0.717) is 0 Å². The molecule has 0 aliphatic carbocycles. The molecule has 0 spiro atoms. The summed E-state index contributed by atoms with van der Waals surface area (Å²) in [7, 11) is -4.35. The van der Waals surface area contributed by atoms with Gasteiger partial charge >= 0.3 is 19.5 Å². The first-order valence-corrected chi connectivity index (χ1v) is 7.69. The molecule has 0 aliphatic heterocycles. The number of phenols is 1. The summed E-state index contributed by atoms with van der Waals surface area (Å²) in [5, 5.41) is 26.9. The van der Waals surface area contributed by atoms with Crippen LogP contribution in [-0.2, 0) is 24.8 Å². The molecule has 9 heteroatoms. The highest BCUT2D eigenvalue weighted by Crippen LogP contribution is 2.48. The molecule has 4 N–H and O–H groups in total. The highest BCUT2D eigenvalue weighted by molar-refractivity contribution is 7.52. The Kier molecular flexibility index (Phi) is 5.90. The van der Waals surface area contributed by atoms with E-state index >= 15 is 0 Å². The number of rotatable bonds is 8. The van der Waals surface area contributed by atoms with Crippen LogP contribution in [-0.4, -0.2) is 38.3 Å². The third-order valence-corrected chi connectivity index (χ3v) is 3.87. The summed E-state index contributed by atoms with van der Waals surface area (Å²) in [6.07, 6.45) is -3.22. The average Bonchev–Trinajstić information content (AvgIpc) is 2.36. The van der Waals surface area contributed by atoms with E-state index in [2.05, 4.69) is 4.52 Å². The maximum absolute atomic E-state index is 11.9. The fraction of sp³-hybridized carbons (Fsp3) is 0.333. The molecule has 8 nitrogen and oxygen atoms in total. The summed E-state index contributed by atoms with van der Waals surface area (Å²) in [5.41, 5.74) is 0.130. The van der Waals surface area contributed by atoms with Crippen LogP contribution < -0.4 is 0 Å². The Morgan fingerprint density at radius 1 is 1.24 bits per heavy atom. The van der Waals surface area contributed by atoms with Crippen LogP contribution in [0.15, 0.2) is 24.3 Å². The van der Waals surface area contributed by atoms with Crippen molar-refractivity contribution in [2.45, 2.75) is 25.1 Å². The number of benzene rings is 1. The second-order valence-electron chi connectivity index (χ2n) is 4.29. The molecule has 0 aromatic heterocycles. The van der Waals surface area contributed by atoms with Gasteiger partial charge in [0.1, 0.15) is 5.75 Å². The highest BCUT2D eigenvalue weighted by Gasteiger charge is 2.30. The molecule has 0 amide bonds. The van der Waals surface area contributed by atoms with Gasteiger partial charge in [-0.15, -0.1) is 0 Å². The third kappa shape index (κ3) is 5.95. The second kappa shape index (κ2) is 7.21. The molecule has 1 aromatic carbocycles. The zero-order chi connectivity index (χ0) is 16.0. The zero-order valence-corrected chi connectivity index (χ0v) is 11.8. The van der Waals surface area contributed by atoms with E-state index in [1.807, 2.05) is 0 Å². The molecule has 1 rings (SSSR count). The molecule has 0 saturated carbocycles. The van der Waals surface area contributed by atoms with Crippen LogP contribution in [0.3, 0.4) is 0 Å². The maximum atomic E-state index is 11.9. The van der Waals surface area contributed by atoms with Crippen molar-refractivity contribution in [3.8, 4) is 5.75 Å². The molecular formula is C12H15O8P. The van der Waals surface area contributed by atoms with Gasteiger partial charge in [0.05, 0.1) is 6.16 Å². The van der Waals surface area contributed by atoms with Crippen molar-refractivity contribution in [1.29, 1.82) is 0 Å². The van der Waals surface area contributed by atoms with Gasteiger partial charge in [0.15, 0.2) is 6.10 Å². The number of carboxylic acid groups (broad SMARTS) is 2. The van der Waals surface area contributed by atoms with E-state index in [1.165, 1.54) is 24.3 Å². The van der Waals surface area contributed by atoms with Crippen molar-refractivity contribution in [2.75, 3.05) is 0 Å². The zero-order valence-electron chi connectivity index (χ0n) is 10.9. The fourth-order valence-corrected chi connectivity index (χ4v) is 2.94. The molecule has 0 aliphatic rings. The van der Waals surface area contributed by atoms with Crippen molar-refractivity contribution < 1.29 is 38.9 Å². The van der Waals surface area contributed by atoms with E-state index in [4.69, 9.17) is 10.2 Å². The van der Waals surface area contributed by atoms with Crippen LogP contribution in [0.25, 0.3) is 0 Å². The molecule has 0 bridgehead atoms. The number of aliphatic carboxylic acids is 2. The van der Waals surface area contributed by atoms with Crippen LogP contribution in [0.2, 0.25) is 0 Å². The van der Waals surface area contributed by atoms with E-state index in [1.54, 1.807) is 0 Å². The molecule has 0 fully saturated rings. The maximum Gasteiger partial charge on any atom is 0.333 e. The molecule has 1 aromatic rings. The number of carboxylic acids is 2. The molecule has 2 unspecified atom stereocenters. The quantitative estimate of drug-likeness (QED) is 0.527. The molecule has 0 heterocycles. The number of phenolic OH excluding ortho intramolecular Hbond substituents is 1. The molecular weight excluding hydrogens is 303 g/mol. The SMILES string of the molecule is O=C(O)CCC(OP(=O)(O)Cc1ccccc1O)C(=O)O. The Hall–Kier alpha value is -1.89. The number of hydrogen-bond donors (Lipinski definition) is 4. The standard InChI is InChI=1S/C12H15O8P/c13-9-4-2-1-3-8(9)7-21(18,19)20-10(12(16)17)5-6-11(14)15/h1-4,10,13H,5-7H2,(H,14,15)(H,16,17)(H,18,19). The highest BCUT2D eigenvalue weighted by atomic mass is 31.2. The third-order valence-electron chi connectivity index (χ3n) is 2.55. The molecule has 2 atom stereocenters. The van der Waals surface area contributed by atoms with Crippen molar-refractivity contribution in [3.05, 3.63) is 29.8 Å². The van der Waals surface area contributed by atoms with Crippen LogP contribution in [0, 0.1) is 0 Å². The van der Waals surface area contributed by atoms with Gasteiger partial charge in [-0.05, 0) is 12.5 Å². The van der Waals surface area contributed by atoms with Crippen molar-refractivity contribution >= 4 is 19.5 Å². The first-order chi connectivity index (χ1) is 9.71. The van der Waals surface area contributed by atoms with Gasteiger partial charge in [-0.3, -0.25) is 13.9 Å². The normalized spacial score (nSPS) is 15.1. The first-order valence-electron chi connectivity index (χ1n) is 5.93. The van der Waals surface area contributed by atoms with E-state index in [0.717, 1.165) is 0 Å². The topological polar surface area (TPSA) is 141 Å². The van der Waals surface area contributed by atoms with Crippen molar-refractivity contribution in [2.24, 2.45) is 0 Å². The predicted molar refractivity (Wildman–Crippen MR) is 71.0 cm³/mol. The van der Waals surface area contributed by atoms with Crippen LogP contribution >= 0.6 is 7.60 Å². The van der Waals surface area contributed by atoms with E-state index < -0.39 is 44.6 Å². The summed E-state index contributed by atoms with van der Waals surface area (Å²) in [6, 6.07) is 5.77. The van der Waals surface area contributed by atoms with Crippen LogP contribution in [0.1, 0.15) is 18.4 Å². The number of para-hydroxylation sites is 1. The van der Waals surface area contributed by atoms with Crippen LogP contribution in [0.5, 0.6) is 5.75 Å². The van der Waals surface area contributed by atoms with E-state index in [-0.39, 0.29) is 11.3 Å². The molecule has 0 radical (unpaired) electrons. The Balaban J connectivity index is 2.76. The lowest BCUT2D eigenvalue weighted by molar-refractivity contribution is -0.146. The number of hydrogen-bond acceptors (Lipinski definition) is 5. The van der Waals surface area contributed by atoms with Gasteiger partial charge in [-0.1, -0.05) is 18.2 Å². The molecule has 116 valence electrons. The first kappa shape index (κ1) is 17.2. The van der Waals surface area contributed by atoms with Gasteiger partial charge in [-0.25, -0.2) is 4.79 Å². The fourth-order valence-electron chi connectivity index (χ4n) is 1.57. The molecule has 0 saturated heterocycles. The van der Waals surface area contributed by atoms with Gasteiger partial charge in [-0.2, -0.15) is 0 Å². The van der Waals surface area contributed by atoms with Crippen molar-refractivity contribution in [1.82, 2.24) is 0 Å². The summed E-state index contributed by atoms with van der Waals surface area (Å²) in [6.45, 7) is 0. The Morgan fingerprint density at radius 2 is 1.86 bits per heavy atom. The Morgan fingerprint density at radius 3 is 2.38 bits per heavy atom. The lowest BCUT2D eigenvalue weighted by Crippen LogP contribution is -2.24. The lowest BCUT2D eigenvalue weighted by Gasteiger charge is -2.18. The number of carbonyl (C=O) groups is 2. The molecule has 21 heavy (non-hydrogen) atoms. The smallest absolute Gasteiger partial charge is 0.333 e. The summed E-state index contributed by atoms with van der Waals surface area (Å²) >= 11 is 0. The average molecular weight is 318 g/mol. The van der Waals surface area contributed by atoms with E-state index in [9.17, 15) is 24.2 Å². The van der Waals surface area contributed by atoms with Gasteiger partial charge in [0, 0.05) is 12.0 Å². The van der Waals surface area contributed by atoms with Crippen molar-refractivity contribution in [3.63, 3.8) is 0 Å². The van der Waals surface area contributed by atoms with Gasteiger partial charge in [0.25, 0.3) is 0 Å². The minimum atomic E-state index is -4.35. The minimum Gasteiger partial charge on any atom is -0.508 e. The summed E-state index contributed by atoms with van der Waals surface area (Å²) in [5.74, 6) is -2.98. The lowest BCUT2D eigenvalue weighted by atomic mass is 10.2. The minimum absolute atomic E-state index is 0.130. The van der Waals surface area contributed by atoms with Gasteiger partial charge in [0.2, 0.25) is 0 Å². The largest absolute Gasteiger partial charge is 0.508 e. The predicted octanol–water partition coefficient (Wildman–Crippen LogP) is 1.41. The summed E-state index contributed by atoms with van der Waals surface area (Å²) in [4.78, 5) is 31.0. The monoisotopic (exact) mass is 318 g/mol. The number of aromatic hydroxyl groups is 1.